The fourth-order valence-corrected chi connectivity index (χ4v) is 3.85. The van der Waals surface area contributed by atoms with Crippen LogP contribution in [0.3, 0.4) is 0 Å². The van der Waals surface area contributed by atoms with Gasteiger partial charge in [0, 0.05) is 28.9 Å². The van der Waals surface area contributed by atoms with Crippen molar-refractivity contribution in [1.82, 2.24) is 9.88 Å². The van der Waals surface area contributed by atoms with Gasteiger partial charge in [-0.2, -0.15) is 0 Å². The van der Waals surface area contributed by atoms with Crippen LogP contribution in [0.1, 0.15) is 11.3 Å². The van der Waals surface area contributed by atoms with E-state index in [1.165, 1.54) is 10.5 Å². The third-order valence-electron chi connectivity index (χ3n) is 3.93. The van der Waals surface area contributed by atoms with E-state index in [4.69, 9.17) is 9.72 Å². The van der Waals surface area contributed by atoms with Gasteiger partial charge in [-0.05, 0) is 55.3 Å². The molecule has 0 unspecified atom stereocenters. The minimum atomic E-state index is 0.844. The quantitative estimate of drug-likeness (QED) is 0.536. The summed E-state index contributed by atoms with van der Waals surface area (Å²) >= 11 is 3.46. The summed E-state index contributed by atoms with van der Waals surface area (Å²) in [7, 11) is 3.82. The predicted molar refractivity (Wildman–Crippen MR) is 107 cm³/mol. The molecule has 0 aliphatic heterocycles. The predicted octanol–water partition coefficient (Wildman–Crippen LogP) is 5.17. The Bertz CT molecular complexity index is 797. The van der Waals surface area contributed by atoms with Gasteiger partial charge in [0.2, 0.25) is 0 Å². The highest BCUT2D eigenvalue weighted by Gasteiger charge is 2.08. The van der Waals surface area contributed by atoms with Crippen molar-refractivity contribution in [1.29, 1.82) is 0 Å². The summed E-state index contributed by atoms with van der Waals surface area (Å²) in [4.78, 5) is 8.37. The number of rotatable bonds is 7. The Labute approximate surface area is 157 Å². The van der Waals surface area contributed by atoms with E-state index in [9.17, 15) is 0 Å². The van der Waals surface area contributed by atoms with Gasteiger partial charge >= 0.3 is 0 Å². The Morgan fingerprint density at radius 3 is 2.40 bits per heavy atom. The molecular formula is C20H22N2OS2. The highest BCUT2D eigenvalue weighted by atomic mass is 32.2. The third kappa shape index (κ3) is 4.84. The highest BCUT2D eigenvalue weighted by Crippen LogP contribution is 2.26. The van der Waals surface area contributed by atoms with Crippen molar-refractivity contribution >= 4 is 23.1 Å². The van der Waals surface area contributed by atoms with Gasteiger partial charge in [0.25, 0.3) is 0 Å². The Balaban J connectivity index is 1.61. The van der Waals surface area contributed by atoms with Gasteiger partial charge in [-0.3, -0.25) is 4.90 Å². The number of benzene rings is 2. The maximum atomic E-state index is 5.21. The minimum absolute atomic E-state index is 0.844. The molecule has 0 fully saturated rings. The van der Waals surface area contributed by atoms with Crippen molar-refractivity contribution in [3.05, 3.63) is 65.2 Å². The molecule has 1 aromatic heterocycles. The van der Waals surface area contributed by atoms with Crippen molar-refractivity contribution in [2.75, 3.05) is 20.4 Å². The molecule has 25 heavy (non-hydrogen) atoms. The lowest BCUT2D eigenvalue weighted by atomic mass is 10.2. The molecule has 3 rings (SSSR count). The Kier molecular flexibility index (Phi) is 6.13. The topological polar surface area (TPSA) is 25.4 Å². The fraction of sp³-hybridized carbons (Fsp3) is 0.250. The highest BCUT2D eigenvalue weighted by molar-refractivity contribution is 7.98. The van der Waals surface area contributed by atoms with Crippen LogP contribution < -0.4 is 4.74 Å². The molecule has 0 atom stereocenters. The molecule has 0 amide bonds. The van der Waals surface area contributed by atoms with E-state index in [-0.39, 0.29) is 0 Å². The molecule has 3 nitrogen and oxygen atoms in total. The molecule has 0 saturated heterocycles. The molecule has 0 aliphatic rings. The first-order chi connectivity index (χ1) is 12.2. The molecule has 0 N–H and O–H groups in total. The number of ether oxygens (including phenoxy) is 1. The van der Waals surface area contributed by atoms with E-state index in [1.54, 1.807) is 30.2 Å². The minimum Gasteiger partial charge on any atom is -0.497 e. The normalized spacial score (nSPS) is 11.0. The van der Waals surface area contributed by atoms with Gasteiger partial charge in [0.15, 0.2) is 0 Å². The Hall–Kier alpha value is -1.82. The third-order valence-corrected chi connectivity index (χ3v) is 5.62. The van der Waals surface area contributed by atoms with Gasteiger partial charge in [0.1, 0.15) is 10.8 Å². The molecule has 0 bridgehead atoms. The van der Waals surface area contributed by atoms with Crippen molar-refractivity contribution < 1.29 is 4.74 Å². The van der Waals surface area contributed by atoms with Gasteiger partial charge in [-0.15, -0.1) is 23.1 Å². The van der Waals surface area contributed by atoms with Crippen molar-refractivity contribution in [2.45, 2.75) is 18.0 Å². The van der Waals surface area contributed by atoms with Crippen LogP contribution in [0.4, 0.5) is 0 Å². The number of methoxy groups -OCH3 is 1. The average Bonchev–Trinajstić information content (AvgIpc) is 3.10. The first kappa shape index (κ1) is 18.0. The average molecular weight is 371 g/mol. The number of hydrogen-bond acceptors (Lipinski definition) is 5. The number of thioether (sulfide) groups is 1. The van der Waals surface area contributed by atoms with Crippen LogP contribution in [-0.4, -0.2) is 30.3 Å². The molecular weight excluding hydrogens is 348 g/mol. The Morgan fingerprint density at radius 1 is 1.04 bits per heavy atom. The molecule has 5 heteroatoms. The van der Waals surface area contributed by atoms with Gasteiger partial charge in [-0.1, -0.05) is 12.1 Å². The molecule has 0 spiro atoms. The number of aromatic nitrogens is 1. The Morgan fingerprint density at radius 2 is 1.76 bits per heavy atom. The standard InChI is InChI=1S/C20H22N2OS2/c1-22(12-15-4-10-19(24-3)11-5-15)13-17-14-25-20(21-17)16-6-8-18(23-2)9-7-16/h4-11,14H,12-13H2,1-3H3. The number of hydrogen-bond donors (Lipinski definition) is 0. The summed E-state index contributed by atoms with van der Waals surface area (Å²) in [6, 6.07) is 16.8. The zero-order valence-electron chi connectivity index (χ0n) is 14.7. The van der Waals surface area contributed by atoms with E-state index in [0.717, 1.165) is 35.1 Å². The summed E-state index contributed by atoms with van der Waals surface area (Å²) in [5, 5.41) is 3.20. The first-order valence-corrected chi connectivity index (χ1v) is 10.2. The van der Waals surface area contributed by atoms with Crippen molar-refractivity contribution in [3.63, 3.8) is 0 Å². The molecule has 3 aromatic rings. The van der Waals surface area contributed by atoms with E-state index < -0.39 is 0 Å². The van der Waals surface area contributed by atoms with E-state index >= 15 is 0 Å². The van der Waals surface area contributed by atoms with E-state index in [1.807, 2.05) is 12.1 Å². The maximum Gasteiger partial charge on any atom is 0.123 e. The number of thiazole rings is 1. The van der Waals surface area contributed by atoms with Crippen molar-refractivity contribution in [2.24, 2.45) is 0 Å². The van der Waals surface area contributed by atoms with Crippen LogP contribution in [-0.2, 0) is 13.1 Å². The lowest BCUT2D eigenvalue weighted by Gasteiger charge is -2.15. The van der Waals surface area contributed by atoms with E-state index in [2.05, 4.69) is 60.0 Å². The van der Waals surface area contributed by atoms with Crippen LogP contribution in [0.25, 0.3) is 10.6 Å². The second-order valence-corrected chi connectivity index (χ2v) is 7.63. The first-order valence-electron chi connectivity index (χ1n) is 8.08. The van der Waals surface area contributed by atoms with Crippen LogP contribution >= 0.6 is 23.1 Å². The monoisotopic (exact) mass is 370 g/mol. The molecule has 1 heterocycles. The zero-order valence-corrected chi connectivity index (χ0v) is 16.4. The number of nitrogens with zero attached hydrogens (tertiary/aromatic N) is 2. The second kappa shape index (κ2) is 8.52. The zero-order chi connectivity index (χ0) is 17.6. The molecule has 0 saturated carbocycles. The van der Waals surface area contributed by atoms with Crippen LogP contribution in [0, 0.1) is 0 Å². The fourth-order valence-electron chi connectivity index (χ4n) is 2.62. The summed E-state index contributed by atoms with van der Waals surface area (Å²) in [5.41, 5.74) is 3.57. The van der Waals surface area contributed by atoms with Crippen LogP contribution in [0.15, 0.2) is 58.8 Å². The molecule has 2 aromatic carbocycles. The lowest BCUT2D eigenvalue weighted by molar-refractivity contribution is 0.316. The molecule has 0 aliphatic carbocycles. The van der Waals surface area contributed by atoms with Gasteiger partial charge < -0.3 is 4.74 Å². The van der Waals surface area contributed by atoms with Gasteiger partial charge in [0.05, 0.1) is 12.8 Å². The van der Waals surface area contributed by atoms with Crippen LogP contribution in [0.2, 0.25) is 0 Å². The maximum absolute atomic E-state index is 5.21. The molecule has 0 radical (unpaired) electrons. The van der Waals surface area contributed by atoms with Gasteiger partial charge in [-0.25, -0.2) is 4.98 Å². The summed E-state index contributed by atoms with van der Waals surface area (Å²) in [5.74, 6) is 0.868. The summed E-state index contributed by atoms with van der Waals surface area (Å²) < 4.78 is 5.21. The van der Waals surface area contributed by atoms with Crippen LogP contribution in [0.5, 0.6) is 5.75 Å². The largest absolute Gasteiger partial charge is 0.497 e. The lowest BCUT2D eigenvalue weighted by Crippen LogP contribution is -2.17. The second-order valence-electron chi connectivity index (χ2n) is 5.89. The SMILES string of the molecule is COc1ccc(-c2nc(CN(C)Cc3ccc(SC)cc3)cs2)cc1. The smallest absolute Gasteiger partial charge is 0.123 e. The summed E-state index contributed by atoms with van der Waals surface area (Å²) in [6.45, 7) is 1.76. The van der Waals surface area contributed by atoms with Crippen molar-refractivity contribution in [3.8, 4) is 16.3 Å². The van der Waals surface area contributed by atoms with E-state index in [0.29, 0.717) is 0 Å². The summed E-state index contributed by atoms with van der Waals surface area (Å²) in [6.07, 6.45) is 2.10. The molecule has 130 valence electrons.